The van der Waals surface area contributed by atoms with Gasteiger partial charge in [0.05, 0.1) is 11.6 Å². The first-order chi connectivity index (χ1) is 12.1. The van der Waals surface area contributed by atoms with Crippen molar-refractivity contribution in [3.63, 3.8) is 0 Å². The first-order valence-corrected chi connectivity index (χ1v) is 9.51. The Morgan fingerprint density at radius 2 is 2.28 bits per heavy atom. The van der Waals surface area contributed by atoms with Crippen LogP contribution in [0.3, 0.4) is 0 Å². The van der Waals surface area contributed by atoms with E-state index in [1.54, 1.807) is 11.3 Å². The normalized spacial score (nSPS) is 21.6. The van der Waals surface area contributed by atoms with Gasteiger partial charge in [0.2, 0.25) is 11.8 Å². The number of thiophene rings is 1. The average Bonchev–Trinajstić information content (AvgIpc) is 3.32. The summed E-state index contributed by atoms with van der Waals surface area (Å²) in [6, 6.07) is 5.65. The van der Waals surface area contributed by atoms with Gasteiger partial charge in [-0.05, 0) is 46.5 Å². The predicted octanol–water partition coefficient (Wildman–Crippen LogP) is 2.77. The molecule has 1 fully saturated rings. The minimum Gasteiger partial charge on any atom is -0.486 e. The lowest BCUT2D eigenvalue weighted by atomic mass is 10.0. The fraction of sp³-hybridized carbons (Fsp3) is 0.333. The van der Waals surface area contributed by atoms with Crippen molar-refractivity contribution in [2.24, 2.45) is 0 Å². The number of ether oxygens (including phenoxy) is 1. The van der Waals surface area contributed by atoms with Gasteiger partial charge in [0, 0.05) is 18.4 Å². The Bertz CT molecular complexity index is 822. The van der Waals surface area contributed by atoms with Crippen molar-refractivity contribution in [2.45, 2.75) is 31.4 Å². The van der Waals surface area contributed by atoms with Crippen LogP contribution in [0.5, 0.6) is 5.75 Å². The summed E-state index contributed by atoms with van der Waals surface area (Å²) in [6.45, 7) is 0.393. The molecule has 5 nitrogen and oxygen atoms in total. The van der Waals surface area contributed by atoms with E-state index in [9.17, 15) is 9.59 Å². The van der Waals surface area contributed by atoms with Crippen molar-refractivity contribution in [2.75, 3.05) is 6.54 Å². The van der Waals surface area contributed by atoms with E-state index in [0.717, 1.165) is 16.7 Å². The first-order valence-electron chi connectivity index (χ1n) is 8.19. The molecule has 0 saturated carbocycles. The van der Waals surface area contributed by atoms with Gasteiger partial charge in [-0.1, -0.05) is 11.6 Å². The molecule has 0 spiro atoms. The van der Waals surface area contributed by atoms with Crippen molar-refractivity contribution in [3.8, 4) is 16.9 Å². The van der Waals surface area contributed by atoms with Gasteiger partial charge in [0.15, 0.2) is 0 Å². The number of halogens is 1. The Morgan fingerprint density at radius 1 is 1.40 bits per heavy atom. The number of amides is 2. The number of fused-ring (bicyclic) bond motifs is 1. The second kappa shape index (κ2) is 6.69. The molecule has 25 heavy (non-hydrogen) atoms. The van der Waals surface area contributed by atoms with Gasteiger partial charge >= 0.3 is 0 Å². The molecule has 2 N–H and O–H groups in total. The van der Waals surface area contributed by atoms with Crippen LogP contribution in [-0.4, -0.2) is 30.5 Å². The number of hydrogen-bond acceptors (Lipinski definition) is 4. The summed E-state index contributed by atoms with van der Waals surface area (Å²) in [5, 5.41) is 10.2. The monoisotopic (exact) mass is 376 g/mol. The van der Waals surface area contributed by atoms with E-state index in [0.29, 0.717) is 36.6 Å². The summed E-state index contributed by atoms with van der Waals surface area (Å²) in [7, 11) is 0. The van der Waals surface area contributed by atoms with E-state index in [-0.39, 0.29) is 17.9 Å². The van der Waals surface area contributed by atoms with Gasteiger partial charge < -0.3 is 15.4 Å². The lowest BCUT2D eigenvalue weighted by Crippen LogP contribution is -2.44. The molecule has 2 amide bonds. The average molecular weight is 377 g/mol. The number of nitrogens with one attached hydrogen (secondary N) is 2. The minimum absolute atomic E-state index is 0.0718. The Balaban J connectivity index is 1.40. The van der Waals surface area contributed by atoms with Crippen LogP contribution in [0.1, 0.15) is 18.4 Å². The van der Waals surface area contributed by atoms with E-state index in [2.05, 4.69) is 28.1 Å². The molecule has 130 valence electrons. The third kappa shape index (κ3) is 3.37. The lowest BCUT2D eigenvalue weighted by molar-refractivity contribution is -0.126. The topological polar surface area (TPSA) is 67.4 Å². The molecule has 4 rings (SSSR count). The molecular weight excluding hydrogens is 360 g/mol. The second-order valence-corrected chi connectivity index (χ2v) is 7.49. The molecule has 0 unspecified atom stereocenters. The summed E-state index contributed by atoms with van der Waals surface area (Å²) in [4.78, 5) is 23.3. The molecule has 7 heteroatoms. The van der Waals surface area contributed by atoms with Crippen LogP contribution in [0.4, 0.5) is 0 Å². The fourth-order valence-electron chi connectivity index (χ4n) is 3.25. The van der Waals surface area contributed by atoms with Gasteiger partial charge in [-0.2, -0.15) is 11.3 Å². The molecule has 0 aliphatic carbocycles. The highest BCUT2D eigenvalue weighted by molar-refractivity contribution is 7.08. The molecule has 2 aliphatic rings. The van der Waals surface area contributed by atoms with Crippen molar-refractivity contribution >= 4 is 34.8 Å². The standard InChI is InChI=1S/C18H17ClN2O3S/c19-14-7-11(10-3-4-25-9-10)5-12-6-13(24-17(12)14)8-20-18(23)15-1-2-16(22)21-15/h3-5,7,9,13,15H,1-2,6,8H2,(H,20,23)(H,21,22)/t13-,15-/m0/s1. The second-order valence-electron chi connectivity index (χ2n) is 6.31. The molecule has 1 saturated heterocycles. The quantitative estimate of drug-likeness (QED) is 0.862. The summed E-state index contributed by atoms with van der Waals surface area (Å²) in [5.74, 6) is 0.474. The molecule has 3 heterocycles. The Hall–Kier alpha value is -2.05. The zero-order valence-electron chi connectivity index (χ0n) is 13.4. The Kier molecular flexibility index (Phi) is 4.39. The maximum atomic E-state index is 12.1. The van der Waals surface area contributed by atoms with Crippen molar-refractivity contribution in [1.82, 2.24) is 10.6 Å². The van der Waals surface area contributed by atoms with Gasteiger partial charge in [-0.25, -0.2) is 0 Å². The van der Waals surface area contributed by atoms with Crippen LogP contribution in [0, 0.1) is 0 Å². The van der Waals surface area contributed by atoms with Crippen molar-refractivity contribution < 1.29 is 14.3 Å². The van der Waals surface area contributed by atoms with Crippen LogP contribution >= 0.6 is 22.9 Å². The van der Waals surface area contributed by atoms with Crippen LogP contribution < -0.4 is 15.4 Å². The zero-order valence-corrected chi connectivity index (χ0v) is 15.0. The van der Waals surface area contributed by atoms with Crippen LogP contribution in [0.15, 0.2) is 29.0 Å². The predicted molar refractivity (Wildman–Crippen MR) is 97.1 cm³/mol. The van der Waals surface area contributed by atoms with Crippen molar-refractivity contribution in [3.05, 3.63) is 39.5 Å². The summed E-state index contributed by atoms with van der Waals surface area (Å²) in [5.41, 5.74) is 3.28. The molecule has 1 aromatic heterocycles. The molecule has 2 aliphatic heterocycles. The molecule has 1 aromatic carbocycles. The van der Waals surface area contributed by atoms with Crippen LogP contribution in [0.2, 0.25) is 5.02 Å². The van der Waals surface area contributed by atoms with E-state index in [1.807, 2.05) is 11.4 Å². The van der Waals surface area contributed by atoms with E-state index < -0.39 is 6.04 Å². The maximum Gasteiger partial charge on any atom is 0.242 e. The van der Waals surface area contributed by atoms with E-state index >= 15 is 0 Å². The molecule has 0 radical (unpaired) electrons. The molecule has 2 aromatic rings. The fourth-order valence-corrected chi connectivity index (χ4v) is 4.19. The Labute approximate surface area is 154 Å². The highest BCUT2D eigenvalue weighted by atomic mass is 35.5. The SMILES string of the molecule is O=C1CC[C@@H](C(=O)NC[C@@H]2Cc3cc(-c4ccsc4)cc(Cl)c3O2)N1. The van der Waals surface area contributed by atoms with Gasteiger partial charge in [0.1, 0.15) is 17.9 Å². The van der Waals surface area contributed by atoms with Gasteiger partial charge in [-0.15, -0.1) is 0 Å². The largest absolute Gasteiger partial charge is 0.486 e. The van der Waals surface area contributed by atoms with Gasteiger partial charge in [-0.3, -0.25) is 9.59 Å². The number of rotatable bonds is 4. The third-order valence-corrected chi connectivity index (χ3v) is 5.49. The lowest BCUT2D eigenvalue weighted by Gasteiger charge is -2.15. The Morgan fingerprint density at radius 3 is 3.00 bits per heavy atom. The van der Waals surface area contributed by atoms with Crippen molar-refractivity contribution in [1.29, 1.82) is 0 Å². The van der Waals surface area contributed by atoms with Gasteiger partial charge in [0.25, 0.3) is 0 Å². The highest BCUT2D eigenvalue weighted by Crippen LogP contribution is 2.39. The molecule has 0 bridgehead atoms. The summed E-state index contributed by atoms with van der Waals surface area (Å²) in [6.07, 6.45) is 1.51. The molecular formula is C18H17ClN2O3S. The third-order valence-electron chi connectivity index (χ3n) is 4.52. The number of benzene rings is 1. The van der Waals surface area contributed by atoms with E-state index in [4.69, 9.17) is 16.3 Å². The number of carbonyl (C=O) groups is 2. The first kappa shape index (κ1) is 16.4. The minimum atomic E-state index is -0.426. The number of carbonyl (C=O) groups excluding carboxylic acids is 2. The highest BCUT2D eigenvalue weighted by Gasteiger charge is 2.30. The summed E-state index contributed by atoms with van der Waals surface area (Å²) >= 11 is 8.03. The maximum absolute atomic E-state index is 12.1. The smallest absolute Gasteiger partial charge is 0.242 e. The van der Waals surface area contributed by atoms with E-state index in [1.165, 1.54) is 0 Å². The van der Waals surface area contributed by atoms with Crippen LogP contribution in [0.25, 0.3) is 11.1 Å². The zero-order chi connectivity index (χ0) is 17.4. The number of hydrogen-bond donors (Lipinski definition) is 2. The summed E-state index contributed by atoms with van der Waals surface area (Å²) < 4.78 is 5.91. The molecule has 2 atom stereocenters. The van der Waals surface area contributed by atoms with Crippen LogP contribution in [-0.2, 0) is 16.0 Å².